The second-order valence-electron chi connectivity index (χ2n) is 3.13. The number of fused-ring (bicyclic) bond motifs is 1. The average Bonchev–Trinajstić information content (AvgIpc) is 2.57. The van der Waals surface area contributed by atoms with Gasteiger partial charge in [-0.15, -0.1) is 0 Å². The summed E-state index contributed by atoms with van der Waals surface area (Å²) in [7, 11) is 1.43. The van der Waals surface area contributed by atoms with Crippen molar-refractivity contribution in [3.8, 4) is 5.75 Å². The summed E-state index contributed by atoms with van der Waals surface area (Å²) < 4.78 is 5.27. The molecule has 0 amide bonds. The highest BCUT2D eigenvalue weighted by molar-refractivity contribution is 6.48. The maximum Gasteiger partial charge on any atom is 0.285 e. The van der Waals surface area contributed by atoms with Crippen LogP contribution in [0, 0.1) is 6.92 Å². The Morgan fingerprint density at radius 3 is 2.87 bits per heavy atom. The third kappa shape index (κ3) is 1.52. The van der Waals surface area contributed by atoms with E-state index in [4.69, 9.17) is 9.94 Å². The standard InChI is InChI=1S/C10H10N2O3/c1-6-3-4-8-7(5-6)9(12-14-2)10(11-13)15-8/h3-5,13H,1-2H3. The first-order valence-corrected chi connectivity index (χ1v) is 4.38. The Labute approximate surface area is 86.6 Å². The molecule has 0 saturated carbocycles. The fourth-order valence-corrected chi connectivity index (χ4v) is 1.43. The Bertz CT molecular complexity index is 452. The van der Waals surface area contributed by atoms with Gasteiger partial charge in [0.2, 0.25) is 0 Å². The highest BCUT2D eigenvalue weighted by Gasteiger charge is 2.28. The molecule has 1 aromatic carbocycles. The molecule has 1 aliphatic rings. The summed E-state index contributed by atoms with van der Waals surface area (Å²) in [5.74, 6) is 0.668. The van der Waals surface area contributed by atoms with Crippen LogP contribution in [-0.2, 0) is 4.84 Å². The molecular weight excluding hydrogens is 196 g/mol. The van der Waals surface area contributed by atoms with Gasteiger partial charge in [0.15, 0.2) is 5.71 Å². The Kier molecular flexibility index (Phi) is 2.29. The number of aryl methyl sites for hydroxylation is 1. The Balaban J connectivity index is 2.56. The molecule has 2 rings (SSSR count). The molecule has 0 unspecified atom stereocenters. The molecule has 1 aliphatic heterocycles. The van der Waals surface area contributed by atoms with Crippen LogP contribution in [0.4, 0.5) is 0 Å². The summed E-state index contributed by atoms with van der Waals surface area (Å²) >= 11 is 0. The van der Waals surface area contributed by atoms with Crippen molar-refractivity contribution < 1.29 is 14.8 Å². The van der Waals surface area contributed by atoms with Gasteiger partial charge in [-0.3, -0.25) is 0 Å². The molecule has 0 radical (unpaired) electrons. The van der Waals surface area contributed by atoms with Crippen LogP contribution in [0.15, 0.2) is 28.5 Å². The number of benzene rings is 1. The Morgan fingerprint density at radius 1 is 1.40 bits per heavy atom. The first kappa shape index (κ1) is 9.51. The quantitative estimate of drug-likeness (QED) is 0.559. The fraction of sp³-hybridized carbons (Fsp3) is 0.200. The molecule has 5 nitrogen and oxygen atoms in total. The van der Waals surface area contributed by atoms with Crippen molar-refractivity contribution in [1.82, 2.24) is 0 Å². The number of ether oxygens (including phenoxy) is 1. The molecule has 15 heavy (non-hydrogen) atoms. The summed E-state index contributed by atoms with van der Waals surface area (Å²) in [6.07, 6.45) is 0. The summed E-state index contributed by atoms with van der Waals surface area (Å²) in [6.45, 7) is 1.96. The minimum absolute atomic E-state index is 0.0532. The van der Waals surface area contributed by atoms with Crippen LogP contribution in [-0.4, -0.2) is 23.9 Å². The van der Waals surface area contributed by atoms with Gasteiger partial charge in [-0.25, -0.2) is 0 Å². The van der Waals surface area contributed by atoms with Gasteiger partial charge in [0.1, 0.15) is 12.9 Å². The smallest absolute Gasteiger partial charge is 0.285 e. The summed E-state index contributed by atoms with van der Waals surface area (Å²) in [4.78, 5) is 4.67. The van der Waals surface area contributed by atoms with Crippen LogP contribution in [0.3, 0.4) is 0 Å². The molecule has 0 atom stereocenters. The van der Waals surface area contributed by atoms with E-state index in [1.807, 2.05) is 19.1 Å². The van der Waals surface area contributed by atoms with Gasteiger partial charge in [0.25, 0.3) is 5.90 Å². The van der Waals surface area contributed by atoms with E-state index >= 15 is 0 Å². The Morgan fingerprint density at radius 2 is 2.20 bits per heavy atom. The molecule has 0 aromatic heterocycles. The van der Waals surface area contributed by atoms with E-state index in [-0.39, 0.29) is 5.90 Å². The van der Waals surface area contributed by atoms with E-state index in [0.717, 1.165) is 11.1 Å². The van der Waals surface area contributed by atoms with Crippen molar-refractivity contribution in [3.05, 3.63) is 29.3 Å². The zero-order valence-electron chi connectivity index (χ0n) is 8.39. The summed E-state index contributed by atoms with van der Waals surface area (Å²) in [5, 5.41) is 15.5. The van der Waals surface area contributed by atoms with E-state index in [2.05, 4.69) is 15.1 Å². The van der Waals surface area contributed by atoms with Gasteiger partial charge >= 0.3 is 0 Å². The lowest BCUT2D eigenvalue weighted by molar-refractivity contribution is 0.214. The average molecular weight is 206 g/mol. The van der Waals surface area contributed by atoms with Crippen LogP contribution in [0.5, 0.6) is 5.75 Å². The van der Waals surface area contributed by atoms with Gasteiger partial charge in [0.05, 0.1) is 5.56 Å². The Hall–Kier alpha value is -2.04. The van der Waals surface area contributed by atoms with Crippen LogP contribution in [0.1, 0.15) is 11.1 Å². The van der Waals surface area contributed by atoms with Crippen LogP contribution < -0.4 is 4.74 Å². The number of rotatable bonds is 1. The second kappa shape index (κ2) is 3.61. The van der Waals surface area contributed by atoms with Crippen molar-refractivity contribution in [1.29, 1.82) is 0 Å². The van der Waals surface area contributed by atoms with Gasteiger partial charge in [0, 0.05) is 0 Å². The van der Waals surface area contributed by atoms with Crippen LogP contribution >= 0.6 is 0 Å². The van der Waals surface area contributed by atoms with Gasteiger partial charge < -0.3 is 14.8 Å². The SMILES string of the molecule is CON=C1C(=NO)Oc2ccc(C)cc21. The number of nitrogens with zero attached hydrogens (tertiary/aromatic N) is 2. The molecule has 1 heterocycles. The molecule has 1 aromatic rings. The lowest BCUT2D eigenvalue weighted by atomic mass is 10.1. The summed E-state index contributed by atoms with van der Waals surface area (Å²) in [5.41, 5.74) is 2.24. The van der Waals surface area contributed by atoms with Crippen molar-refractivity contribution in [3.63, 3.8) is 0 Å². The third-order valence-electron chi connectivity index (χ3n) is 2.07. The number of oxime groups is 2. The van der Waals surface area contributed by atoms with Gasteiger partial charge in [-0.2, -0.15) is 0 Å². The van der Waals surface area contributed by atoms with E-state index < -0.39 is 0 Å². The van der Waals surface area contributed by atoms with E-state index in [1.54, 1.807) is 6.07 Å². The van der Waals surface area contributed by atoms with Crippen LogP contribution in [0.2, 0.25) is 0 Å². The molecule has 0 spiro atoms. The minimum atomic E-state index is 0.0532. The van der Waals surface area contributed by atoms with Crippen molar-refractivity contribution >= 4 is 11.6 Å². The molecular formula is C10H10N2O3. The maximum atomic E-state index is 8.73. The lowest BCUT2D eigenvalue weighted by Gasteiger charge is -1.96. The predicted molar refractivity (Wildman–Crippen MR) is 54.6 cm³/mol. The van der Waals surface area contributed by atoms with E-state index in [0.29, 0.717) is 11.5 Å². The van der Waals surface area contributed by atoms with E-state index in [9.17, 15) is 0 Å². The first-order valence-electron chi connectivity index (χ1n) is 4.38. The van der Waals surface area contributed by atoms with Gasteiger partial charge in [-0.1, -0.05) is 16.8 Å². The van der Waals surface area contributed by atoms with Crippen molar-refractivity contribution in [2.45, 2.75) is 6.92 Å². The topological polar surface area (TPSA) is 63.4 Å². The van der Waals surface area contributed by atoms with Crippen LogP contribution in [0.25, 0.3) is 0 Å². The molecule has 1 N–H and O–H groups in total. The largest absolute Gasteiger partial charge is 0.434 e. The zero-order valence-corrected chi connectivity index (χ0v) is 8.39. The monoisotopic (exact) mass is 206 g/mol. The second-order valence-corrected chi connectivity index (χ2v) is 3.13. The highest BCUT2D eigenvalue weighted by atomic mass is 16.6. The first-order chi connectivity index (χ1) is 7.26. The van der Waals surface area contributed by atoms with Gasteiger partial charge in [-0.05, 0) is 24.2 Å². The molecule has 5 heteroatoms. The normalized spacial score (nSPS) is 19.1. The predicted octanol–water partition coefficient (Wildman–Crippen LogP) is 1.53. The molecule has 78 valence electrons. The third-order valence-corrected chi connectivity index (χ3v) is 2.07. The molecule has 0 bridgehead atoms. The summed E-state index contributed by atoms with van der Waals surface area (Å²) in [6, 6.07) is 5.60. The molecule has 0 fully saturated rings. The highest BCUT2D eigenvalue weighted by Crippen LogP contribution is 2.27. The number of hydrogen-bond donors (Lipinski definition) is 1. The minimum Gasteiger partial charge on any atom is -0.434 e. The fourth-order valence-electron chi connectivity index (χ4n) is 1.43. The molecule has 0 saturated heterocycles. The molecule has 0 aliphatic carbocycles. The zero-order chi connectivity index (χ0) is 10.8. The van der Waals surface area contributed by atoms with Crippen molar-refractivity contribution in [2.24, 2.45) is 10.3 Å². The number of hydrogen-bond acceptors (Lipinski definition) is 5. The van der Waals surface area contributed by atoms with E-state index in [1.165, 1.54) is 7.11 Å². The maximum absolute atomic E-state index is 8.73. The van der Waals surface area contributed by atoms with Crippen molar-refractivity contribution in [2.75, 3.05) is 7.11 Å². The lowest BCUT2D eigenvalue weighted by Crippen LogP contribution is -2.13.